The zero-order valence-corrected chi connectivity index (χ0v) is 5.94. The Labute approximate surface area is 52.2 Å². The third-order valence-corrected chi connectivity index (χ3v) is 1.75. The van der Waals surface area contributed by atoms with Crippen molar-refractivity contribution in [3.63, 3.8) is 0 Å². The summed E-state index contributed by atoms with van der Waals surface area (Å²) in [5, 5.41) is 0.799. The van der Waals surface area contributed by atoms with Gasteiger partial charge >= 0.3 is 0 Å². The Hall–Kier alpha value is 0.150. The molecule has 0 saturated heterocycles. The average molecular weight is 165 g/mol. The molecule has 0 heterocycles. The summed E-state index contributed by atoms with van der Waals surface area (Å²) in [6.07, 6.45) is 1.92. The van der Waals surface area contributed by atoms with Crippen molar-refractivity contribution in [3.05, 3.63) is 0 Å². The van der Waals surface area contributed by atoms with E-state index in [2.05, 4.69) is 15.9 Å². The SMILES string of the molecule is CCC(C=O)CBr. The predicted molar refractivity (Wildman–Crippen MR) is 33.6 cm³/mol. The van der Waals surface area contributed by atoms with Crippen LogP contribution in [0.25, 0.3) is 0 Å². The van der Waals surface area contributed by atoms with Gasteiger partial charge in [0.25, 0.3) is 0 Å². The summed E-state index contributed by atoms with van der Waals surface area (Å²) in [5.41, 5.74) is 0. The zero-order valence-electron chi connectivity index (χ0n) is 4.36. The van der Waals surface area contributed by atoms with Crippen molar-refractivity contribution in [3.8, 4) is 0 Å². The lowest BCUT2D eigenvalue weighted by Crippen LogP contribution is -1.99. The van der Waals surface area contributed by atoms with Crippen molar-refractivity contribution >= 4 is 22.2 Å². The molecule has 0 N–H and O–H groups in total. The summed E-state index contributed by atoms with van der Waals surface area (Å²) in [7, 11) is 0. The minimum atomic E-state index is 0.222. The fourth-order valence-corrected chi connectivity index (χ4v) is 0.852. The molecule has 0 aliphatic carbocycles. The van der Waals surface area contributed by atoms with Gasteiger partial charge in [-0.25, -0.2) is 0 Å². The number of carbonyl (C=O) groups excluding carboxylic acids is 1. The monoisotopic (exact) mass is 164 g/mol. The van der Waals surface area contributed by atoms with Crippen LogP contribution in [0.2, 0.25) is 0 Å². The van der Waals surface area contributed by atoms with Gasteiger partial charge in [0.15, 0.2) is 0 Å². The molecular formula is C5H9BrO. The molecule has 0 fully saturated rings. The highest BCUT2D eigenvalue weighted by atomic mass is 79.9. The van der Waals surface area contributed by atoms with Gasteiger partial charge in [0, 0.05) is 11.2 Å². The number of hydrogen-bond donors (Lipinski definition) is 0. The van der Waals surface area contributed by atoms with E-state index >= 15 is 0 Å². The second-order valence-corrected chi connectivity index (χ2v) is 2.11. The van der Waals surface area contributed by atoms with E-state index in [0.717, 1.165) is 18.0 Å². The van der Waals surface area contributed by atoms with Crippen molar-refractivity contribution in [2.24, 2.45) is 5.92 Å². The van der Waals surface area contributed by atoms with Crippen molar-refractivity contribution < 1.29 is 4.79 Å². The number of halogens is 1. The largest absolute Gasteiger partial charge is 0.303 e. The lowest BCUT2D eigenvalue weighted by atomic mass is 10.2. The molecule has 1 nitrogen and oxygen atoms in total. The maximum absolute atomic E-state index is 9.94. The van der Waals surface area contributed by atoms with Gasteiger partial charge in [-0.05, 0) is 6.42 Å². The Morgan fingerprint density at radius 1 is 1.86 bits per heavy atom. The zero-order chi connectivity index (χ0) is 5.70. The summed E-state index contributed by atoms with van der Waals surface area (Å²) in [4.78, 5) is 9.94. The molecule has 7 heavy (non-hydrogen) atoms. The smallest absolute Gasteiger partial charge is 0.123 e. The van der Waals surface area contributed by atoms with Crippen molar-refractivity contribution in [1.82, 2.24) is 0 Å². The van der Waals surface area contributed by atoms with Crippen LogP contribution in [0.3, 0.4) is 0 Å². The molecule has 0 amide bonds. The van der Waals surface area contributed by atoms with Crippen molar-refractivity contribution in [2.75, 3.05) is 5.33 Å². The maximum atomic E-state index is 9.94. The standard InChI is InChI=1S/C5H9BrO/c1-2-5(3-6)4-7/h4-5H,2-3H2,1H3. The second-order valence-electron chi connectivity index (χ2n) is 1.46. The fourth-order valence-electron chi connectivity index (χ4n) is 0.242. The molecule has 0 spiro atoms. The van der Waals surface area contributed by atoms with Gasteiger partial charge < -0.3 is 4.79 Å². The molecule has 2 heteroatoms. The fraction of sp³-hybridized carbons (Fsp3) is 0.800. The molecule has 1 unspecified atom stereocenters. The van der Waals surface area contributed by atoms with E-state index in [4.69, 9.17) is 0 Å². The highest BCUT2D eigenvalue weighted by Gasteiger charge is 1.97. The minimum absolute atomic E-state index is 0.222. The molecule has 0 radical (unpaired) electrons. The third kappa shape index (κ3) is 2.80. The van der Waals surface area contributed by atoms with E-state index in [1.165, 1.54) is 0 Å². The predicted octanol–water partition coefficient (Wildman–Crippen LogP) is 1.61. The van der Waals surface area contributed by atoms with Gasteiger partial charge in [-0.15, -0.1) is 0 Å². The van der Waals surface area contributed by atoms with E-state index in [1.807, 2.05) is 6.92 Å². The molecule has 0 aromatic heterocycles. The average Bonchev–Trinajstić information content (AvgIpc) is 1.72. The Balaban J connectivity index is 3.16. The number of aldehydes is 1. The number of alkyl halides is 1. The number of carbonyl (C=O) groups is 1. The van der Waals surface area contributed by atoms with Crippen LogP contribution in [0.15, 0.2) is 0 Å². The van der Waals surface area contributed by atoms with Crippen molar-refractivity contribution in [2.45, 2.75) is 13.3 Å². The molecule has 0 saturated carbocycles. The Morgan fingerprint density at radius 3 is 2.43 bits per heavy atom. The Bertz CT molecular complexity index is 50.0. The van der Waals surface area contributed by atoms with Gasteiger partial charge in [0.2, 0.25) is 0 Å². The number of rotatable bonds is 3. The normalized spacial score (nSPS) is 13.4. The molecule has 0 bridgehead atoms. The van der Waals surface area contributed by atoms with Crippen molar-refractivity contribution in [1.29, 1.82) is 0 Å². The second kappa shape index (κ2) is 4.31. The van der Waals surface area contributed by atoms with E-state index in [0.29, 0.717) is 0 Å². The molecular weight excluding hydrogens is 156 g/mol. The highest BCUT2D eigenvalue weighted by Crippen LogP contribution is 2.00. The third-order valence-electron chi connectivity index (χ3n) is 0.915. The molecule has 0 aromatic carbocycles. The molecule has 0 aliphatic rings. The van der Waals surface area contributed by atoms with Crippen LogP contribution in [-0.4, -0.2) is 11.6 Å². The molecule has 42 valence electrons. The molecule has 0 rings (SSSR count). The van der Waals surface area contributed by atoms with Crippen LogP contribution in [0.1, 0.15) is 13.3 Å². The summed E-state index contributed by atoms with van der Waals surface area (Å²) in [6.45, 7) is 2.00. The highest BCUT2D eigenvalue weighted by molar-refractivity contribution is 9.09. The lowest BCUT2D eigenvalue weighted by molar-refractivity contribution is -0.110. The molecule has 0 aromatic rings. The van der Waals surface area contributed by atoms with Crippen LogP contribution in [0, 0.1) is 5.92 Å². The summed E-state index contributed by atoms with van der Waals surface area (Å²) in [6, 6.07) is 0. The Kier molecular flexibility index (Phi) is 4.41. The van der Waals surface area contributed by atoms with E-state index in [1.54, 1.807) is 0 Å². The topological polar surface area (TPSA) is 17.1 Å². The number of hydrogen-bond acceptors (Lipinski definition) is 1. The van der Waals surface area contributed by atoms with Gasteiger partial charge in [0.05, 0.1) is 0 Å². The first-order valence-electron chi connectivity index (χ1n) is 2.36. The first-order valence-corrected chi connectivity index (χ1v) is 3.48. The van der Waals surface area contributed by atoms with E-state index in [9.17, 15) is 4.79 Å². The summed E-state index contributed by atoms with van der Waals surface area (Å²) in [5.74, 6) is 0.222. The maximum Gasteiger partial charge on any atom is 0.123 e. The first-order chi connectivity index (χ1) is 3.35. The lowest BCUT2D eigenvalue weighted by Gasteiger charge is -1.96. The van der Waals surface area contributed by atoms with Gasteiger partial charge in [-0.3, -0.25) is 0 Å². The van der Waals surface area contributed by atoms with Crippen LogP contribution in [0.4, 0.5) is 0 Å². The van der Waals surface area contributed by atoms with Gasteiger partial charge in [-0.2, -0.15) is 0 Å². The molecule has 0 aliphatic heterocycles. The van der Waals surface area contributed by atoms with Crippen LogP contribution >= 0.6 is 15.9 Å². The first kappa shape index (κ1) is 7.15. The Morgan fingerprint density at radius 2 is 2.43 bits per heavy atom. The van der Waals surface area contributed by atoms with Crippen LogP contribution in [-0.2, 0) is 4.79 Å². The minimum Gasteiger partial charge on any atom is -0.303 e. The molecule has 1 atom stereocenters. The quantitative estimate of drug-likeness (QED) is 0.458. The van der Waals surface area contributed by atoms with E-state index in [-0.39, 0.29) is 5.92 Å². The van der Waals surface area contributed by atoms with Crippen LogP contribution in [0.5, 0.6) is 0 Å². The summed E-state index contributed by atoms with van der Waals surface area (Å²) >= 11 is 3.20. The van der Waals surface area contributed by atoms with Crippen LogP contribution < -0.4 is 0 Å². The summed E-state index contributed by atoms with van der Waals surface area (Å²) < 4.78 is 0. The van der Waals surface area contributed by atoms with Gasteiger partial charge in [0.1, 0.15) is 6.29 Å². The van der Waals surface area contributed by atoms with Gasteiger partial charge in [-0.1, -0.05) is 22.9 Å². The van der Waals surface area contributed by atoms with E-state index < -0.39 is 0 Å².